The van der Waals surface area contributed by atoms with Crippen LogP contribution in [-0.2, 0) is 6.61 Å². The summed E-state index contributed by atoms with van der Waals surface area (Å²) in [5.41, 5.74) is 4.21. The molecule has 0 bridgehead atoms. The fourth-order valence-corrected chi connectivity index (χ4v) is 2.32. The maximum atomic E-state index is 6.13. The highest BCUT2D eigenvalue weighted by atomic mass is 35.5. The molecule has 3 heteroatoms. The molecule has 1 radical (unpaired) electrons. The van der Waals surface area contributed by atoms with Crippen molar-refractivity contribution in [3.8, 4) is 5.75 Å². The molecular formula is C16H15Cl2O. The maximum Gasteiger partial charge on any atom is 0.123 e. The van der Waals surface area contributed by atoms with Gasteiger partial charge in [-0.1, -0.05) is 29.3 Å². The molecule has 0 aromatic heterocycles. The second-order valence-corrected chi connectivity index (χ2v) is 5.43. The summed E-state index contributed by atoms with van der Waals surface area (Å²) in [7, 11) is 0. The third-order valence-corrected chi connectivity index (χ3v) is 3.65. The number of aryl methyl sites for hydroxylation is 2. The van der Waals surface area contributed by atoms with Crippen LogP contribution in [-0.4, -0.2) is 0 Å². The van der Waals surface area contributed by atoms with Crippen molar-refractivity contribution in [2.24, 2.45) is 0 Å². The zero-order valence-corrected chi connectivity index (χ0v) is 12.7. The average molecular weight is 294 g/mol. The molecule has 2 rings (SSSR count). The summed E-state index contributed by atoms with van der Waals surface area (Å²) < 4.78 is 5.86. The molecule has 0 saturated heterocycles. The number of halogens is 2. The van der Waals surface area contributed by atoms with Crippen molar-refractivity contribution in [3.05, 3.63) is 62.6 Å². The Balaban J connectivity index is 2.19. The molecule has 0 unspecified atom stereocenters. The van der Waals surface area contributed by atoms with Gasteiger partial charge in [0.1, 0.15) is 12.4 Å². The second-order valence-electron chi connectivity index (χ2n) is 4.59. The summed E-state index contributed by atoms with van der Waals surface area (Å²) in [6.07, 6.45) is 0. The van der Waals surface area contributed by atoms with E-state index in [0.717, 1.165) is 28.0 Å². The zero-order valence-electron chi connectivity index (χ0n) is 11.2. The third kappa shape index (κ3) is 3.43. The predicted octanol–water partition coefficient (Wildman–Crippen LogP) is 5.30. The Morgan fingerprint density at radius 2 is 1.84 bits per heavy atom. The van der Waals surface area contributed by atoms with Gasteiger partial charge < -0.3 is 4.74 Å². The van der Waals surface area contributed by atoms with Gasteiger partial charge in [-0.25, -0.2) is 0 Å². The van der Waals surface area contributed by atoms with Gasteiger partial charge in [0.2, 0.25) is 0 Å². The number of benzene rings is 2. The minimum atomic E-state index is 0.430. The highest BCUT2D eigenvalue weighted by molar-refractivity contribution is 6.35. The van der Waals surface area contributed by atoms with Crippen molar-refractivity contribution < 1.29 is 4.74 Å². The summed E-state index contributed by atoms with van der Waals surface area (Å²) in [5.74, 6) is 0.875. The highest BCUT2D eigenvalue weighted by Crippen LogP contribution is 2.26. The molecule has 19 heavy (non-hydrogen) atoms. The molecule has 0 N–H and O–H groups in total. The van der Waals surface area contributed by atoms with Crippen LogP contribution in [0.3, 0.4) is 0 Å². The summed E-state index contributed by atoms with van der Waals surface area (Å²) >= 11 is 12.0. The van der Waals surface area contributed by atoms with E-state index in [1.807, 2.05) is 39.0 Å². The van der Waals surface area contributed by atoms with Crippen molar-refractivity contribution >= 4 is 23.2 Å². The second kappa shape index (κ2) is 5.85. The molecule has 0 amide bonds. The van der Waals surface area contributed by atoms with E-state index in [4.69, 9.17) is 27.9 Å². The fourth-order valence-electron chi connectivity index (χ4n) is 1.86. The Hall–Kier alpha value is -1.18. The van der Waals surface area contributed by atoms with Crippen LogP contribution in [0.5, 0.6) is 5.75 Å². The Labute approximate surface area is 124 Å². The molecule has 0 atom stereocenters. The van der Waals surface area contributed by atoms with E-state index in [1.165, 1.54) is 0 Å². The van der Waals surface area contributed by atoms with Gasteiger partial charge in [-0.3, -0.25) is 0 Å². The van der Waals surface area contributed by atoms with Crippen molar-refractivity contribution in [1.82, 2.24) is 0 Å². The molecule has 2 aromatic rings. The van der Waals surface area contributed by atoms with Crippen molar-refractivity contribution in [2.75, 3.05) is 0 Å². The van der Waals surface area contributed by atoms with Crippen LogP contribution < -0.4 is 4.74 Å². The van der Waals surface area contributed by atoms with Gasteiger partial charge in [0.15, 0.2) is 0 Å². The monoisotopic (exact) mass is 293 g/mol. The van der Waals surface area contributed by atoms with Gasteiger partial charge in [0.05, 0.1) is 0 Å². The zero-order chi connectivity index (χ0) is 14.0. The van der Waals surface area contributed by atoms with E-state index >= 15 is 0 Å². The summed E-state index contributed by atoms with van der Waals surface area (Å²) in [4.78, 5) is 0. The molecule has 0 heterocycles. The molecule has 0 aliphatic heterocycles. The van der Waals surface area contributed by atoms with Gasteiger partial charge in [0.25, 0.3) is 0 Å². The van der Waals surface area contributed by atoms with E-state index in [2.05, 4.69) is 6.07 Å². The van der Waals surface area contributed by atoms with Crippen molar-refractivity contribution in [2.45, 2.75) is 27.4 Å². The molecule has 2 aromatic carbocycles. The Morgan fingerprint density at radius 3 is 2.53 bits per heavy atom. The first-order chi connectivity index (χ1) is 8.97. The first kappa shape index (κ1) is 14.2. The molecule has 0 spiro atoms. The lowest BCUT2D eigenvalue weighted by molar-refractivity contribution is 0.303. The molecule has 0 fully saturated rings. The Bertz CT molecular complexity index is 606. The maximum absolute atomic E-state index is 6.13. The number of rotatable bonds is 3. The topological polar surface area (TPSA) is 9.23 Å². The first-order valence-electron chi connectivity index (χ1n) is 6.04. The van der Waals surface area contributed by atoms with Crippen LogP contribution in [0, 0.1) is 26.8 Å². The van der Waals surface area contributed by atoms with Crippen molar-refractivity contribution in [3.63, 3.8) is 0 Å². The smallest absolute Gasteiger partial charge is 0.123 e. The highest BCUT2D eigenvalue weighted by Gasteiger charge is 2.07. The van der Waals surface area contributed by atoms with Crippen LogP contribution >= 0.6 is 23.2 Å². The number of ether oxygens (including phenoxy) is 1. The van der Waals surface area contributed by atoms with Crippen LogP contribution in [0.25, 0.3) is 0 Å². The minimum Gasteiger partial charge on any atom is -0.489 e. The first-order valence-corrected chi connectivity index (χ1v) is 6.80. The van der Waals surface area contributed by atoms with E-state index in [1.54, 1.807) is 6.07 Å². The summed E-state index contributed by atoms with van der Waals surface area (Å²) in [6.45, 7) is 6.50. The summed E-state index contributed by atoms with van der Waals surface area (Å²) in [5, 5.41) is 1.26. The molecule has 99 valence electrons. The molecule has 1 nitrogen and oxygen atoms in total. The number of hydrogen-bond acceptors (Lipinski definition) is 1. The molecular weight excluding hydrogens is 279 g/mol. The van der Waals surface area contributed by atoms with Gasteiger partial charge in [-0.2, -0.15) is 0 Å². The SMILES string of the molecule is Cc1[c]c(C)c(C)c(OCc2ccc(Cl)cc2Cl)c1. The largest absolute Gasteiger partial charge is 0.489 e. The Morgan fingerprint density at radius 1 is 1.11 bits per heavy atom. The summed E-state index contributed by atoms with van der Waals surface area (Å²) in [6, 6.07) is 10.7. The van der Waals surface area contributed by atoms with E-state index < -0.39 is 0 Å². The molecule has 0 aliphatic carbocycles. The normalized spacial score (nSPS) is 10.6. The molecule has 0 aliphatic rings. The molecule has 0 saturated carbocycles. The van der Waals surface area contributed by atoms with Crippen molar-refractivity contribution in [1.29, 1.82) is 0 Å². The van der Waals surface area contributed by atoms with Crippen LogP contribution in [0.2, 0.25) is 10.0 Å². The van der Waals surface area contributed by atoms with E-state index in [-0.39, 0.29) is 0 Å². The Kier molecular flexibility index (Phi) is 4.38. The minimum absolute atomic E-state index is 0.430. The standard InChI is InChI=1S/C16H15Cl2O/c1-10-6-11(2)12(3)16(7-10)19-9-13-4-5-14(17)8-15(13)18/h4-5,7-8H,9H2,1-3H3. The van der Waals surface area contributed by atoms with Gasteiger partial charge in [0, 0.05) is 15.6 Å². The quantitative estimate of drug-likeness (QED) is 0.746. The lowest BCUT2D eigenvalue weighted by Gasteiger charge is -2.13. The van der Waals surface area contributed by atoms with Crippen LogP contribution in [0.15, 0.2) is 24.3 Å². The van der Waals surface area contributed by atoms with Crippen LogP contribution in [0.1, 0.15) is 22.3 Å². The third-order valence-electron chi connectivity index (χ3n) is 3.06. The van der Waals surface area contributed by atoms with Gasteiger partial charge >= 0.3 is 0 Å². The van der Waals surface area contributed by atoms with Gasteiger partial charge in [-0.15, -0.1) is 0 Å². The van der Waals surface area contributed by atoms with Crippen LogP contribution in [0.4, 0.5) is 0 Å². The lowest BCUT2D eigenvalue weighted by Crippen LogP contribution is -1.99. The number of hydrogen-bond donors (Lipinski definition) is 0. The fraction of sp³-hybridized carbons (Fsp3) is 0.250. The van der Waals surface area contributed by atoms with Gasteiger partial charge in [-0.05, 0) is 61.7 Å². The predicted molar refractivity (Wildman–Crippen MR) is 80.3 cm³/mol. The van der Waals surface area contributed by atoms with E-state index in [0.29, 0.717) is 16.7 Å². The average Bonchev–Trinajstić information content (AvgIpc) is 2.33. The van der Waals surface area contributed by atoms with E-state index in [9.17, 15) is 0 Å². The lowest BCUT2D eigenvalue weighted by atomic mass is 10.1.